The second kappa shape index (κ2) is 9.25. The molecule has 3 aromatic rings. The molecule has 3 aromatic carbocycles. The lowest BCUT2D eigenvalue weighted by Gasteiger charge is -2.39. The van der Waals surface area contributed by atoms with Crippen LogP contribution in [0.15, 0.2) is 48.5 Å². The second-order valence-electron chi connectivity index (χ2n) is 9.42. The van der Waals surface area contributed by atoms with Crippen molar-refractivity contribution < 1.29 is 36.3 Å². The van der Waals surface area contributed by atoms with Crippen molar-refractivity contribution in [2.45, 2.75) is 24.7 Å². The zero-order chi connectivity index (χ0) is 27.4. The number of hydrogen-bond donors (Lipinski definition) is 3. The summed E-state index contributed by atoms with van der Waals surface area (Å²) in [4.78, 5) is 26.0. The molecule has 0 aliphatic carbocycles. The van der Waals surface area contributed by atoms with Crippen LogP contribution in [0.2, 0.25) is 5.02 Å². The van der Waals surface area contributed by atoms with E-state index in [-0.39, 0.29) is 33.5 Å². The summed E-state index contributed by atoms with van der Waals surface area (Å²) in [5.74, 6) is -3.45. The highest BCUT2D eigenvalue weighted by molar-refractivity contribution is 6.31. The molecule has 5 rings (SSSR count). The van der Waals surface area contributed by atoms with E-state index in [1.165, 1.54) is 12.1 Å². The maximum atomic E-state index is 14.1. The maximum absolute atomic E-state index is 14.1. The van der Waals surface area contributed by atoms with Crippen LogP contribution in [0.5, 0.6) is 0 Å². The van der Waals surface area contributed by atoms with Crippen molar-refractivity contribution in [1.29, 1.82) is 0 Å². The molecule has 0 aromatic heterocycles. The van der Waals surface area contributed by atoms with Gasteiger partial charge >= 0.3 is 6.18 Å². The van der Waals surface area contributed by atoms with Gasteiger partial charge in [0.1, 0.15) is 11.6 Å². The molecule has 12 heteroatoms. The Bertz CT molecular complexity index is 1470. The third kappa shape index (κ3) is 4.91. The van der Waals surface area contributed by atoms with Gasteiger partial charge < -0.3 is 20.7 Å². The SMILES string of the molecule is CC1(Nc2cc(NC(=O)c3cc(F)cc(C(F)(F)F)c3)c3c(c2)C(=O)NC3c2cc(F)ccc2Cl)COC1. The monoisotopic (exact) mass is 551 g/mol. The highest BCUT2D eigenvalue weighted by Crippen LogP contribution is 2.42. The van der Waals surface area contributed by atoms with Gasteiger partial charge in [0.2, 0.25) is 0 Å². The zero-order valence-corrected chi connectivity index (χ0v) is 20.4. The van der Waals surface area contributed by atoms with Gasteiger partial charge in [0.25, 0.3) is 11.8 Å². The fraction of sp³-hybridized carbons (Fsp3) is 0.231. The third-order valence-electron chi connectivity index (χ3n) is 6.28. The van der Waals surface area contributed by atoms with Gasteiger partial charge in [-0.25, -0.2) is 8.78 Å². The number of amides is 2. The first kappa shape index (κ1) is 25.9. The number of ether oxygens (including phenoxy) is 1. The highest BCUT2D eigenvalue weighted by Gasteiger charge is 2.38. The predicted octanol–water partition coefficient (Wildman–Crippen LogP) is 5.92. The minimum absolute atomic E-state index is 0.0420. The van der Waals surface area contributed by atoms with Gasteiger partial charge in [-0.05, 0) is 55.5 Å². The maximum Gasteiger partial charge on any atom is 0.416 e. The van der Waals surface area contributed by atoms with Crippen LogP contribution in [0.3, 0.4) is 0 Å². The van der Waals surface area contributed by atoms with Gasteiger partial charge in [0.05, 0.1) is 30.4 Å². The summed E-state index contributed by atoms with van der Waals surface area (Å²) in [6.45, 7) is 2.63. The largest absolute Gasteiger partial charge is 0.416 e. The molecule has 0 spiro atoms. The predicted molar refractivity (Wildman–Crippen MR) is 129 cm³/mol. The Morgan fingerprint density at radius 3 is 2.47 bits per heavy atom. The van der Waals surface area contributed by atoms with Gasteiger partial charge in [-0.1, -0.05) is 11.6 Å². The Balaban J connectivity index is 1.60. The molecule has 1 atom stereocenters. The molecular formula is C26H19ClF5N3O3. The van der Waals surface area contributed by atoms with Crippen LogP contribution < -0.4 is 16.0 Å². The van der Waals surface area contributed by atoms with Crippen LogP contribution in [-0.4, -0.2) is 30.6 Å². The summed E-state index contributed by atoms with van der Waals surface area (Å²) in [6, 6.07) is 7.12. The van der Waals surface area contributed by atoms with E-state index in [9.17, 15) is 31.5 Å². The lowest BCUT2D eigenvalue weighted by atomic mass is 9.94. The molecular weight excluding hydrogens is 533 g/mol. The van der Waals surface area contributed by atoms with Crippen LogP contribution in [0, 0.1) is 11.6 Å². The van der Waals surface area contributed by atoms with Gasteiger partial charge in [-0.3, -0.25) is 9.59 Å². The van der Waals surface area contributed by atoms with Crippen LogP contribution >= 0.6 is 11.6 Å². The van der Waals surface area contributed by atoms with Crippen LogP contribution in [0.4, 0.5) is 33.3 Å². The first-order valence-electron chi connectivity index (χ1n) is 11.3. The Morgan fingerprint density at radius 2 is 1.82 bits per heavy atom. The van der Waals surface area contributed by atoms with E-state index in [1.807, 2.05) is 6.92 Å². The average molecular weight is 552 g/mol. The first-order chi connectivity index (χ1) is 17.8. The number of fused-ring (bicyclic) bond motifs is 1. The molecule has 2 aliphatic heterocycles. The van der Waals surface area contributed by atoms with E-state index in [1.54, 1.807) is 6.07 Å². The van der Waals surface area contributed by atoms with Crippen LogP contribution in [0.1, 0.15) is 50.4 Å². The molecule has 2 heterocycles. The Morgan fingerprint density at radius 1 is 1.08 bits per heavy atom. The second-order valence-corrected chi connectivity index (χ2v) is 9.82. The van der Waals surface area contributed by atoms with Crippen molar-refractivity contribution in [3.8, 4) is 0 Å². The van der Waals surface area contributed by atoms with E-state index >= 15 is 0 Å². The molecule has 0 saturated carbocycles. The lowest BCUT2D eigenvalue weighted by molar-refractivity contribution is -0.137. The molecule has 6 nitrogen and oxygen atoms in total. The number of halogens is 6. The van der Waals surface area contributed by atoms with E-state index < -0.39 is 52.3 Å². The van der Waals surface area contributed by atoms with Crippen LogP contribution in [-0.2, 0) is 10.9 Å². The van der Waals surface area contributed by atoms with E-state index in [4.69, 9.17) is 16.3 Å². The molecule has 2 aliphatic rings. The molecule has 38 heavy (non-hydrogen) atoms. The number of carbonyl (C=O) groups excluding carboxylic acids is 2. The molecule has 2 amide bonds. The number of carbonyl (C=O) groups is 2. The van der Waals surface area contributed by atoms with Crippen molar-refractivity contribution in [2.24, 2.45) is 0 Å². The summed E-state index contributed by atoms with van der Waals surface area (Å²) in [6.07, 6.45) is -4.88. The number of rotatable bonds is 5. The van der Waals surface area contributed by atoms with Crippen molar-refractivity contribution in [2.75, 3.05) is 23.8 Å². The van der Waals surface area contributed by atoms with E-state index in [2.05, 4.69) is 16.0 Å². The summed E-state index contributed by atoms with van der Waals surface area (Å²) in [5, 5.41) is 8.58. The van der Waals surface area contributed by atoms with Crippen LogP contribution in [0.25, 0.3) is 0 Å². The van der Waals surface area contributed by atoms with Gasteiger partial charge in [-0.2, -0.15) is 13.2 Å². The van der Waals surface area contributed by atoms with Crippen molar-refractivity contribution in [1.82, 2.24) is 5.32 Å². The normalized spacial score (nSPS) is 17.9. The fourth-order valence-corrected chi connectivity index (χ4v) is 4.71. The van der Waals surface area contributed by atoms with Crippen molar-refractivity contribution in [3.05, 3.63) is 93.0 Å². The average Bonchev–Trinajstić information content (AvgIpc) is 3.15. The minimum atomic E-state index is -4.88. The molecule has 1 fully saturated rings. The lowest BCUT2D eigenvalue weighted by Crippen LogP contribution is -2.53. The third-order valence-corrected chi connectivity index (χ3v) is 6.62. The smallest absolute Gasteiger partial charge is 0.376 e. The van der Waals surface area contributed by atoms with Crippen molar-refractivity contribution >= 4 is 34.8 Å². The number of hydrogen-bond acceptors (Lipinski definition) is 4. The van der Waals surface area contributed by atoms with E-state index in [0.717, 1.165) is 12.1 Å². The standard InChI is InChI=1S/C26H19ClF5N3O3/c1-25(10-38-11-25)35-16-8-18-21(22(34-24(18)37)17-7-14(28)2-3-19(17)27)20(9-16)33-23(36)12-4-13(26(30,31)32)6-15(29)5-12/h2-9,22,35H,10-11H2,1H3,(H,33,36)(H,34,37). The Kier molecular flexibility index (Phi) is 6.31. The number of anilines is 2. The summed E-state index contributed by atoms with van der Waals surface area (Å²) >= 11 is 6.29. The van der Waals surface area contributed by atoms with Gasteiger partial charge in [-0.15, -0.1) is 0 Å². The Hall–Kier alpha value is -3.70. The quantitative estimate of drug-likeness (QED) is 0.344. The molecule has 198 valence electrons. The molecule has 1 saturated heterocycles. The van der Waals surface area contributed by atoms with Gasteiger partial charge in [0, 0.05) is 38.7 Å². The number of nitrogens with one attached hydrogen (secondary N) is 3. The van der Waals surface area contributed by atoms with Gasteiger partial charge in [0.15, 0.2) is 0 Å². The molecule has 0 radical (unpaired) electrons. The molecule has 0 bridgehead atoms. The number of benzene rings is 3. The number of alkyl halides is 3. The highest BCUT2D eigenvalue weighted by atomic mass is 35.5. The topological polar surface area (TPSA) is 79.5 Å². The first-order valence-corrected chi connectivity index (χ1v) is 11.7. The zero-order valence-electron chi connectivity index (χ0n) is 19.6. The van der Waals surface area contributed by atoms with Crippen molar-refractivity contribution in [3.63, 3.8) is 0 Å². The summed E-state index contributed by atoms with van der Waals surface area (Å²) in [7, 11) is 0. The minimum Gasteiger partial charge on any atom is -0.376 e. The Labute approximate surface area is 218 Å². The van der Waals surface area contributed by atoms with E-state index in [0.29, 0.717) is 31.0 Å². The molecule has 1 unspecified atom stereocenters. The fourth-order valence-electron chi connectivity index (χ4n) is 4.49. The summed E-state index contributed by atoms with van der Waals surface area (Å²) in [5.41, 5.74) is -1.34. The summed E-state index contributed by atoms with van der Waals surface area (Å²) < 4.78 is 72.9. The molecule has 3 N–H and O–H groups in total.